The second kappa shape index (κ2) is 4.91. The molecule has 0 radical (unpaired) electrons. The van der Waals surface area contributed by atoms with Gasteiger partial charge in [0.25, 0.3) is 0 Å². The second-order valence-corrected chi connectivity index (χ2v) is 3.12. The number of phenols is 1. The highest BCUT2D eigenvalue weighted by Crippen LogP contribution is 2.29. The highest BCUT2D eigenvalue weighted by molar-refractivity contribution is 6.23. The molecule has 14 heavy (non-hydrogen) atoms. The van der Waals surface area contributed by atoms with Crippen LogP contribution in [0.2, 0.25) is 0 Å². The summed E-state index contributed by atoms with van der Waals surface area (Å²) in [6.45, 7) is 6.19. The predicted octanol–water partition coefficient (Wildman–Crippen LogP) is 3.04. The Kier molecular flexibility index (Phi) is 3.84. The number of hydrogen-bond donors (Lipinski definition) is 1. The molecule has 0 saturated heterocycles. The van der Waals surface area contributed by atoms with Crippen LogP contribution < -0.4 is 4.74 Å². The van der Waals surface area contributed by atoms with Crippen LogP contribution in [0.4, 0.5) is 0 Å². The summed E-state index contributed by atoms with van der Waals surface area (Å²) in [5.41, 5.74) is 1.70. The largest absolute Gasteiger partial charge is 0.504 e. The number of benzene rings is 1. The Morgan fingerprint density at radius 1 is 1.57 bits per heavy atom. The van der Waals surface area contributed by atoms with Crippen LogP contribution in [0.25, 0.3) is 5.57 Å². The molecule has 3 heteroatoms. The van der Waals surface area contributed by atoms with Crippen molar-refractivity contribution in [2.75, 3.05) is 12.5 Å². The van der Waals surface area contributed by atoms with E-state index in [9.17, 15) is 5.11 Å². The Morgan fingerprint density at radius 3 is 2.86 bits per heavy atom. The Labute approximate surface area is 88.8 Å². The van der Waals surface area contributed by atoms with Gasteiger partial charge >= 0.3 is 0 Å². The standard InChI is InChI=1S/C11H13ClO2/c1-3-14-11-6-9(8(2)7-12)4-5-10(11)13/h4-6,13H,2-3,7H2,1H3. The van der Waals surface area contributed by atoms with E-state index in [1.165, 1.54) is 0 Å². The monoisotopic (exact) mass is 212 g/mol. The maximum atomic E-state index is 9.43. The molecule has 1 aromatic carbocycles. The topological polar surface area (TPSA) is 29.5 Å². The smallest absolute Gasteiger partial charge is 0.161 e. The molecule has 0 atom stereocenters. The average molecular weight is 213 g/mol. The van der Waals surface area contributed by atoms with Gasteiger partial charge in [-0.2, -0.15) is 0 Å². The summed E-state index contributed by atoms with van der Waals surface area (Å²) in [5, 5.41) is 9.43. The minimum Gasteiger partial charge on any atom is -0.504 e. The summed E-state index contributed by atoms with van der Waals surface area (Å²) in [5.74, 6) is 0.977. The molecule has 1 aromatic rings. The fraction of sp³-hybridized carbons (Fsp3) is 0.273. The highest BCUT2D eigenvalue weighted by Gasteiger charge is 2.04. The van der Waals surface area contributed by atoms with E-state index in [1.54, 1.807) is 18.2 Å². The fourth-order valence-corrected chi connectivity index (χ4v) is 1.24. The lowest BCUT2D eigenvalue weighted by Gasteiger charge is -2.08. The summed E-state index contributed by atoms with van der Waals surface area (Å²) in [6, 6.07) is 5.09. The molecule has 0 fully saturated rings. The molecule has 0 spiro atoms. The number of halogens is 1. The van der Waals surface area contributed by atoms with Crippen molar-refractivity contribution in [1.29, 1.82) is 0 Å². The summed E-state index contributed by atoms with van der Waals surface area (Å²) in [6.07, 6.45) is 0. The number of aromatic hydroxyl groups is 1. The Morgan fingerprint density at radius 2 is 2.29 bits per heavy atom. The number of rotatable bonds is 4. The van der Waals surface area contributed by atoms with Gasteiger partial charge in [0.1, 0.15) is 0 Å². The molecular formula is C11H13ClO2. The molecule has 0 amide bonds. The molecule has 0 aromatic heterocycles. The van der Waals surface area contributed by atoms with Gasteiger partial charge in [0.15, 0.2) is 11.5 Å². The van der Waals surface area contributed by atoms with Crippen molar-refractivity contribution < 1.29 is 9.84 Å². The first-order chi connectivity index (χ1) is 6.69. The molecule has 0 bridgehead atoms. The van der Waals surface area contributed by atoms with Crippen molar-refractivity contribution in [3.8, 4) is 11.5 Å². The summed E-state index contributed by atoms with van der Waals surface area (Å²) < 4.78 is 5.24. The fourth-order valence-electron chi connectivity index (χ4n) is 1.08. The number of phenolic OH excluding ortho intramolecular Hbond substituents is 1. The third kappa shape index (κ3) is 2.42. The van der Waals surface area contributed by atoms with Gasteiger partial charge in [-0.1, -0.05) is 12.6 Å². The van der Waals surface area contributed by atoms with E-state index in [2.05, 4.69) is 6.58 Å². The molecule has 0 heterocycles. The minimum atomic E-state index is 0.137. The highest BCUT2D eigenvalue weighted by atomic mass is 35.5. The second-order valence-electron chi connectivity index (χ2n) is 2.85. The lowest BCUT2D eigenvalue weighted by Crippen LogP contribution is -1.93. The van der Waals surface area contributed by atoms with Crippen LogP contribution in [0.1, 0.15) is 12.5 Å². The zero-order valence-electron chi connectivity index (χ0n) is 8.09. The van der Waals surface area contributed by atoms with Gasteiger partial charge in [0.05, 0.1) is 6.61 Å². The van der Waals surface area contributed by atoms with Crippen LogP contribution in [-0.2, 0) is 0 Å². The first-order valence-corrected chi connectivity index (χ1v) is 4.92. The van der Waals surface area contributed by atoms with Gasteiger partial charge in [-0.25, -0.2) is 0 Å². The first-order valence-electron chi connectivity index (χ1n) is 4.39. The molecule has 2 nitrogen and oxygen atoms in total. The molecule has 0 aliphatic heterocycles. The van der Waals surface area contributed by atoms with E-state index in [1.807, 2.05) is 6.92 Å². The summed E-state index contributed by atoms with van der Waals surface area (Å²) in [4.78, 5) is 0. The van der Waals surface area contributed by atoms with E-state index >= 15 is 0 Å². The molecule has 0 saturated carbocycles. The van der Waals surface area contributed by atoms with E-state index < -0.39 is 0 Å². The van der Waals surface area contributed by atoms with Crippen LogP contribution >= 0.6 is 11.6 Å². The van der Waals surface area contributed by atoms with Gasteiger partial charge < -0.3 is 9.84 Å². The molecule has 0 aliphatic rings. The molecule has 0 aliphatic carbocycles. The quantitative estimate of drug-likeness (QED) is 0.778. The Balaban J connectivity index is 2.99. The average Bonchev–Trinajstić information content (AvgIpc) is 2.20. The van der Waals surface area contributed by atoms with Crippen molar-refractivity contribution in [2.45, 2.75) is 6.92 Å². The van der Waals surface area contributed by atoms with Crippen molar-refractivity contribution in [3.63, 3.8) is 0 Å². The van der Waals surface area contributed by atoms with Gasteiger partial charge in [-0.05, 0) is 30.2 Å². The predicted molar refractivity (Wildman–Crippen MR) is 59.0 cm³/mol. The number of ether oxygens (including phenoxy) is 1. The van der Waals surface area contributed by atoms with Crippen molar-refractivity contribution in [2.24, 2.45) is 0 Å². The molecule has 1 rings (SSSR count). The zero-order valence-corrected chi connectivity index (χ0v) is 8.84. The van der Waals surface area contributed by atoms with E-state index in [-0.39, 0.29) is 5.75 Å². The van der Waals surface area contributed by atoms with Crippen molar-refractivity contribution in [1.82, 2.24) is 0 Å². The van der Waals surface area contributed by atoms with Crippen LogP contribution in [0.5, 0.6) is 11.5 Å². The zero-order chi connectivity index (χ0) is 10.6. The minimum absolute atomic E-state index is 0.137. The Hall–Kier alpha value is -1.15. The Bertz CT molecular complexity index is 334. The van der Waals surface area contributed by atoms with Crippen LogP contribution in [0.15, 0.2) is 24.8 Å². The third-order valence-electron chi connectivity index (χ3n) is 1.83. The molecule has 0 unspecified atom stereocenters. The van der Waals surface area contributed by atoms with Crippen LogP contribution in [-0.4, -0.2) is 17.6 Å². The van der Waals surface area contributed by atoms with E-state index in [0.717, 1.165) is 11.1 Å². The first kappa shape index (κ1) is 10.9. The molecule has 76 valence electrons. The SMILES string of the molecule is C=C(CCl)c1ccc(O)c(OCC)c1. The molecular weight excluding hydrogens is 200 g/mol. The van der Waals surface area contributed by atoms with Gasteiger partial charge in [0.2, 0.25) is 0 Å². The van der Waals surface area contributed by atoms with Gasteiger partial charge in [-0.3, -0.25) is 0 Å². The maximum Gasteiger partial charge on any atom is 0.161 e. The van der Waals surface area contributed by atoms with E-state index in [4.69, 9.17) is 16.3 Å². The van der Waals surface area contributed by atoms with Crippen molar-refractivity contribution in [3.05, 3.63) is 30.3 Å². The van der Waals surface area contributed by atoms with Crippen LogP contribution in [0.3, 0.4) is 0 Å². The molecule has 1 N–H and O–H groups in total. The number of allylic oxidation sites excluding steroid dienone is 1. The lowest BCUT2D eigenvalue weighted by atomic mass is 10.1. The lowest BCUT2D eigenvalue weighted by molar-refractivity contribution is 0.318. The number of hydrogen-bond acceptors (Lipinski definition) is 2. The van der Waals surface area contributed by atoms with E-state index in [0.29, 0.717) is 18.2 Å². The third-order valence-corrected chi connectivity index (χ3v) is 2.15. The summed E-state index contributed by atoms with van der Waals surface area (Å²) >= 11 is 5.65. The normalized spacial score (nSPS) is 9.86. The van der Waals surface area contributed by atoms with Gasteiger partial charge in [0, 0.05) is 5.88 Å². The number of alkyl halides is 1. The summed E-state index contributed by atoms with van der Waals surface area (Å²) in [7, 11) is 0. The van der Waals surface area contributed by atoms with Crippen molar-refractivity contribution >= 4 is 17.2 Å². The van der Waals surface area contributed by atoms with Gasteiger partial charge in [-0.15, -0.1) is 11.6 Å². The maximum absolute atomic E-state index is 9.43. The van der Waals surface area contributed by atoms with Crippen LogP contribution in [0, 0.1) is 0 Å².